The number of aromatic nitrogens is 4. The van der Waals surface area contributed by atoms with Crippen molar-refractivity contribution in [1.29, 1.82) is 0 Å². The summed E-state index contributed by atoms with van der Waals surface area (Å²) >= 11 is 0. The first kappa shape index (κ1) is 11.2. The predicted octanol–water partition coefficient (Wildman–Crippen LogP) is 0.0994. The van der Waals surface area contributed by atoms with E-state index >= 15 is 0 Å². The summed E-state index contributed by atoms with van der Waals surface area (Å²) in [6, 6.07) is 2.16. The molecule has 0 spiro atoms. The number of aromatic amines is 1. The number of nitrogens with one attached hydrogen (secondary N) is 2. The highest BCUT2D eigenvalue weighted by molar-refractivity contribution is 5.48. The van der Waals surface area contributed by atoms with Gasteiger partial charge < -0.3 is 11.1 Å². The van der Waals surface area contributed by atoms with Crippen molar-refractivity contribution in [3.63, 3.8) is 0 Å². The Balaban J connectivity index is 1.83. The van der Waals surface area contributed by atoms with E-state index in [1.807, 2.05) is 0 Å². The van der Waals surface area contributed by atoms with E-state index in [0.717, 1.165) is 12.8 Å². The smallest absolute Gasteiger partial charge is 0.348 e. The van der Waals surface area contributed by atoms with Crippen molar-refractivity contribution in [2.75, 3.05) is 5.32 Å². The van der Waals surface area contributed by atoms with Gasteiger partial charge in [-0.3, -0.25) is 0 Å². The molecule has 7 nitrogen and oxygen atoms in total. The molecule has 4 N–H and O–H groups in total. The van der Waals surface area contributed by atoms with Crippen molar-refractivity contribution in [1.82, 2.24) is 19.6 Å². The summed E-state index contributed by atoms with van der Waals surface area (Å²) in [6.45, 7) is 0. The maximum Gasteiger partial charge on any atom is 0.348 e. The summed E-state index contributed by atoms with van der Waals surface area (Å²) in [5, 5.41) is 9.61. The second-order valence-corrected chi connectivity index (χ2v) is 4.73. The Kier molecular flexibility index (Phi) is 2.75. The van der Waals surface area contributed by atoms with Crippen molar-refractivity contribution in [2.45, 2.75) is 37.8 Å². The van der Waals surface area contributed by atoms with Gasteiger partial charge in [-0.2, -0.15) is 5.10 Å². The van der Waals surface area contributed by atoms with Crippen LogP contribution in [0.3, 0.4) is 0 Å². The Morgan fingerprint density at radius 2 is 2.28 bits per heavy atom. The topological polar surface area (TPSA) is 101 Å². The van der Waals surface area contributed by atoms with Gasteiger partial charge in [0.1, 0.15) is 12.1 Å². The van der Waals surface area contributed by atoms with Crippen LogP contribution in [-0.2, 0) is 0 Å². The van der Waals surface area contributed by atoms with Gasteiger partial charge in [0, 0.05) is 18.2 Å². The first-order valence-corrected chi connectivity index (χ1v) is 6.19. The monoisotopic (exact) mass is 248 g/mol. The zero-order valence-electron chi connectivity index (χ0n) is 9.97. The highest BCUT2D eigenvalue weighted by Gasteiger charge is 2.21. The molecule has 2 heterocycles. The van der Waals surface area contributed by atoms with Gasteiger partial charge >= 0.3 is 5.69 Å². The highest BCUT2D eigenvalue weighted by atomic mass is 16.1. The van der Waals surface area contributed by atoms with Gasteiger partial charge in [0.05, 0.1) is 0 Å². The fourth-order valence-corrected chi connectivity index (χ4v) is 2.42. The van der Waals surface area contributed by atoms with Crippen molar-refractivity contribution in [3.05, 3.63) is 22.9 Å². The van der Waals surface area contributed by atoms with Crippen LogP contribution in [-0.4, -0.2) is 31.7 Å². The number of hydrogen-bond donors (Lipinski definition) is 3. The molecule has 0 radical (unpaired) electrons. The Hall–Kier alpha value is -1.89. The molecule has 0 unspecified atom stereocenters. The maximum absolute atomic E-state index is 11.3. The van der Waals surface area contributed by atoms with Crippen LogP contribution >= 0.6 is 0 Å². The van der Waals surface area contributed by atoms with Crippen molar-refractivity contribution < 1.29 is 0 Å². The van der Waals surface area contributed by atoms with E-state index in [1.54, 1.807) is 6.07 Å². The summed E-state index contributed by atoms with van der Waals surface area (Å²) < 4.78 is 1.37. The van der Waals surface area contributed by atoms with Crippen LogP contribution in [0.5, 0.6) is 0 Å². The van der Waals surface area contributed by atoms with E-state index in [1.165, 1.54) is 23.6 Å². The van der Waals surface area contributed by atoms with E-state index in [4.69, 9.17) is 5.73 Å². The quantitative estimate of drug-likeness (QED) is 0.699. The lowest BCUT2D eigenvalue weighted by molar-refractivity contribution is 0.403. The van der Waals surface area contributed by atoms with Crippen LogP contribution in [0.25, 0.3) is 5.65 Å². The van der Waals surface area contributed by atoms with E-state index in [0.29, 0.717) is 11.5 Å². The molecule has 2 aromatic rings. The zero-order chi connectivity index (χ0) is 12.5. The minimum atomic E-state index is -0.279. The predicted molar refractivity (Wildman–Crippen MR) is 67.5 cm³/mol. The highest BCUT2D eigenvalue weighted by Crippen LogP contribution is 2.20. The molecular weight excluding hydrogens is 232 g/mol. The van der Waals surface area contributed by atoms with Gasteiger partial charge in [-0.1, -0.05) is 12.8 Å². The molecule has 7 heteroatoms. The normalized spacial score (nSPS) is 24.3. The molecule has 1 aliphatic carbocycles. The fourth-order valence-electron chi connectivity index (χ4n) is 2.42. The molecule has 3 rings (SSSR count). The summed E-state index contributed by atoms with van der Waals surface area (Å²) in [5.41, 5.74) is 6.35. The number of H-pyrrole nitrogens is 1. The summed E-state index contributed by atoms with van der Waals surface area (Å²) in [4.78, 5) is 15.5. The van der Waals surface area contributed by atoms with Crippen molar-refractivity contribution in [2.24, 2.45) is 5.73 Å². The second kappa shape index (κ2) is 4.41. The minimum absolute atomic E-state index is 0.165. The molecule has 1 saturated carbocycles. The van der Waals surface area contributed by atoms with Crippen LogP contribution in [0.15, 0.2) is 17.2 Å². The third-order valence-electron chi connectivity index (χ3n) is 3.46. The number of rotatable bonds is 2. The fraction of sp³-hybridized carbons (Fsp3) is 0.545. The largest absolute Gasteiger partial charge is 0.366 e. The van der Waals surface area contributed by atoms with E-state index in [9.17, 15) is 4.79 Å². The Labute approximate surface area is 103 Å². The zero-order valence-corrected chi connectivity index (χ0v) is 9.97. The van der Waals surface area contributed by atoms with Crippen molar-refractivity contribution >= 4 is 11.5 Å². The van der Waals surface area contributed by atoms with Crippen molar-refractivity contribution in [3.8, 4) is 0 Å². The number of hydrogen-bond acceptors (Lipinski definition) is 5. The van der Waals surface area contributed by atoms with Gasteiger partial charge in [0.15, 0.2) is 5.65 Å². The van der Waals surface area contributed by atoms with Crippen LogP contribution in [0, 0.1) is 0 Å². The molecule has 18 heavy (non-hydrogen) atoms. The minimum Gasteiger partial charge on any atom is -0.366 e. The first-order valence-electron chi connectivity index (χ1n) is 6.19. The van der Waals surface area contributed by atoms with E-state index in [-0.39, 0.29) is 17.8 Å². The Bertz CT molecular complexity index is 603. The molecule has 0 aliphatic heterocycles. The van der Waals surface area contributed by atoms with Gasteiger partial charge in [0.25, 0.3) is 0 Å². The van der Waals surface area contributed by atoms with Gasteiger partial charge in [0.2, 0.25) is 0 Å². The third-order valence-corrected chi connectivity index (χ3v) is 3.46. The average molecular weight is 248 g/mol. The van der Waals surface area contributed by atoms with Gasteiger partial charge in [-0.15, -0.1) is 0 Å². The molecule has 0 bridgehead atoms. The molecule has 2 aromatic heterocycles. The standard InChI is InChI=1S/C11H16N6O/c12-7-3-1-2-4-8(7)14-9-5-10-15-16-11(18)17(10)6-13-9/h5-8,14H,1-4,12H2,(H,16,18)/t7-,8-/m1/s1. The number of anilines is 1. The third kappa shape index (κ3) is 1.97. The van der Waals surface area contributed by atoms with Crippen LogP contribution in [0.1, 0.15) is 25.7 Å². The molecule has 0 saturated heterocycles. The molecular formula is C11H16N6O. The van der Waals surface area contributed by atoms with Crippen LogP contribution in [0.4, 0.5) is 5.82 Å². The molecule has 2 atom stereocenters. The number of fused-ring (bicyclic) bond motifs is 1. The Morgan fingerprint density at radius 3 is 3.11 bits per heavy atom. The lowest BCUT2D eigenvalue weighted by Gasteiger charge is -2.29. The number of nitrogens with two attached hydrogens (primary N) is 1. The van der Waals surface area contributed by atoms with Gasteiger partial charge in [-0.05, 0) is 12.8 Å². The van der Waals surface area contributed by atoms with Crippen LogP contribution in [0.2, 0.25) is 0 Å². The van der Waals surface area contributed by atoms with E-state index < -0.39 is 0 Å². The summed E-state index contributed by atoms with van der Waals surface area (Å²) in [7, 11) is 0. The molecule has 96 valence electrons. The average Bonchev–Trinajstić information content (AvgIpc) is 2.74. The van der Waals surface area contributed by atoms with Crippen LogP contribution < -0.4 is 16.7 Å². The van der Waals surface area contributed by atoms with Gasteiger partial charge in [-0.25, -0.2) is 19.3 Å². The first-order chi connectivity index (χ1) is 8.74. The second-order valence-electron chi connectivity index (χ2n) is 4.73. The molecule has 0 aromatic carbocycles. The molecule has 0 amide bonds. The maximum atomic E-state index is 11.3. The lowest BCUT2D eigenvalue weighted by Crippen LogP contribution is -2.42. The number of nitrogens with zero attached hydrogens (tertiary/aromatic N) is 3. The SMILES string of the molecule is N[C@@H]1CCCC[C@H]1Nc1cc2n[nH]c(=O)n2cn1. The summed E-state index contributed by atoms with van der Waals surface area (Å²) in [5.74, 6) is 0.712. The molecule has 1 aliphatic rings. The molecule has 1 fully saturated rings. The lowest BCUT2D eigenvalue weighted by atomic mass is 9.91. The Morgan fingerprint density at radius 1 is 1.44 bits per heavy atom. The van der Waals surface area contributed by atoms with E-state index in [2.05, 4.69) is 20.5 Å². The summed E-state index contributed by atoms with van der Waals surface area (Å²) in [6.07, 6.45) is 5.96.